The maximum Gasteiger partial charge on any atom is 0.323 e. The molecule has 1 atom stereocenters. The Labute approximate surface area is 119 Å². The zero-order valence-corrected chi connectivity index (χ0v) is 11.8. The molecule has 1 aliphatic carbocycles. The van der Waals surface area contributed by atoms with E-state index >= 15 is 0 Å². The van der Waals surface area contributed by atoms with Crippen LogP contribution in [0, 0.1) is 5.41 Å². The molecule has 0 radical (unpaired) electrons. The molecule has 3 nitrogen and oxygen atoms in total. The Balaban J connectivity index is 2.29. The molecule has 0 N–H and O–H groups in total. The summed E-state index contributed by atoms with van der Waals surface area (Å²) in [5.74, 6) is -0.425. The van der Waals surface area contributed by atoms with Crippen LogP contribution >= 0.6 is 0 Å². The highest BCUT2D eigenvalue weighted by Gasteiger charge is 2.45. The number of esters is 1. The van der Waals surface area contributed by atoms with Crippen molar-refractivity contribution in [3.8, 4) is 0 Å². The lowest BCUT2D eigenvalue weighted by atomic mass is 9.72. The first-order valence-corrected chi connectivity index (χ1v) is 7.14. The van der Waals surface area contributed by atoms with Crippen molar-refractivity contribution in [3.63, 3.8) is 0 Å². The molecule has 1 aliphatic rings. The average molecular weight is 272 g/mol. The number of hydrogen-bond acceptors (Lipinski definition) is 3. The Morgan fingerprint density at radius 1 is 1.30 bits per heavy atom. The third kappa shape index (κ3) is 2.98. The van der Waals surface area contributed by atoms with Crippen LogP contribution in [0.25, 0.3) is 6.08 Å². The van der Waals surface area contributed by atoms with Crippen LogP contribution in [0.5, 0.6) is 0 Å². The summed E-state index contributed by atoms with van der Waals surface area (Å²) in [7, 11) is 0. The summed E-state index contributed by atoms with van der Waals surface area (Å²) >= 11 is 0. The molecule has 1 aromatic rings. The van der Waals surface area contributed by atoms with Crippen LogP contribution in [0.4, 0.5) is 0 Å². The number of ether oxygens (including phenoxy) is 1. The van der Waals surface area contributed by atoms with Gasteiger partial charge in [-0.1, -0.05) is 48.9 Å². The largest absolute Gasteiger partial charge is 0.465 e. The summed E-state index contributed by atoms with van der Waals surface area (Å²) in [5, 5.41) is 0. The number of carbonyl (C=O) groups excluding carboxylic acids is 2. The second kappa shape index (κ2) is 6.51. The molecule has 0 saturated heterocycles. The minimum Gasteiger partial charge on any atom is -0.465 e. The minimum atomic E-state index is -1.08. The van der Waals surface area contributed by atoms with Crippen molar-refractivity contribution in [2.45, 2.75) is 32.6 Å². The SMILES string of the molecule is CCOC(=O)C1(/C=C/c2ccccc2)CCCCC1=O. The first-order chi connectivity index (χ1) is 9.69. The number of Topliss-reactive ketones (excluding diaryl/α,β-unsaturated/α-hetero) is 1. The third-order valence-electron chi connectivity index (χ3n) is 3.72. The van der Waals surface area contributed by atoms with E-state index in [9.17, 15) is 9.59 Å². The molecular formula is C17H20O3. The molecule has 0 bridgehead atoms. The zero-order valence-electron chi connectivity index (χ0n) is 11.8. The summed E-state index contributed by atoms with van der Waals surface area (Å²) in [5.41, 5.74) is -0.0982. The number of rotatable bonds is 4. The molecule has 3 heteroatoms. The van der Waals surface area contributed by atoms with Gasteiger partial charge in [-0.25, -0.2) is 0 Å². The van der Waals surface area contributed by atoms with E-state index in [0.29, 0.717) is 19.4 Å². The van der Waals surface area contributed by atoms with E-state index in [-0.39, 0.29) is 5.78 Å². The van der Waals surface area contributed by atoms with E-state index in [4.69, 9.17) is 4.74 Å². The van der Waals surface area contributed by atoms with E-state index in [2.05, 4.69) is 0 Å². The van der Waals surface area contributed by atoms with E-state index in [1.54, 1.807) is 13.0 Å². The maximum atomic E-state index is 12.3. The van der Waals surface area contributed by atoms with Crippen molar-refractivity contribution in [3.05, 3.63) is 42.0 Å². The molecule has 0 aromatic heterocycles. The van der Waals surface area contributed by atoms with Crippen molar-refractivity contribution in [2.24, 2.45) is 5.41 Å². The van der Waals surface area contributed by atoms with Gasteiger partial charge in [0, 0.05) is 6.42 Å². The van der Waals surface area contributed by atoms with Crippen LogP contribution in [0.2, 0.25) is 0 Å². The van der Waals surface area contributed by atoms with Gasteiger partial charge in [-0.05, 0) is 25.3 Å². The van der Waals surface area contributed by atoms with Crippen LogP contribution in [-0.4, -0.2) is 18.4 Å². The lowest BCUT2D eigenvalue weighted by Gasteiger charge is -2.30. The second-order valence-corrected chi connectivity index (χ2v) is 5.07. The Hall–Kier alpha value is -1.90. The fourth-order valence-electron chi connectivity index (χ4n) is 2.57. The highest BCUT2D eigenvalue weighted by atomic mass is 16.5. The number of benzene rings is 1. The fourth-order valence-corrected chi connectivity index (χ4v) is 2.57. The summed E-state index contributed by atoms with van der Waals surface area (Å²) in [6.07, 6.45) is 6.33. The van der Waals surface area contributed by atoms with Gasteiger partial charge >= 0.3 is 5.97 Å². The minimum absolute atomic E-state index is 0.0191. The maximum absolute atomic E-state index is 12.3. The smallest absolute Gasteiger partial charge is 0.323 e. The number of ketones is 1. The van der Waals surface area contributed by atoms with Gasteiger partial charge in [0.25, 0.3) is 0 Å². The van der Waals surface area contributed by atoms with Gasteiger partial charge in [-0.2, -0.15) is 0 Å². The first-order valence-electron chi connectivity index (χ1n) is 7.14. The lowest BCUT2D eigenvalue weighted by molar-refractivity contribution is -0.158. The van der Waals surface area contributed by atoms with E-state index in [1.807, 2.05) is 36.4 Å². The van der Waals surface area contributed by atoms with Gasteiger partial charge in [0.05, 0.1) is 6.61 Å². The van der Waals surface area contributed by atoms with Crippen LogP contribution < -0.4 is 0 Å². The average Bonchev–Trinajstić information content (AvgIpc) is 2.48. The molecule has 0 heterocycles. The Morgan fingerprint density at radius 2 is 2.05 bits per heavy atom. The molecule has 20 heavy (non-hydrogen) atoms. The predicted octanol–water partition coefficient (Wildman–Crippen LogP) is 3.39. The van der Waals surface area contributed by atoms with Gasteiger partial charge < -0.3 is 4.74 Å². The quantitative estimate of drug-likeness (QED) is 0.623. The highest BCUT2D eigenvalue weighted by Crippen LogP contribution is 2.36. The van der Waals surface area contributed by atoms with Crippen LogP contribution in [0.3, 0.4) is 0 Å². The zero-order chi connectivity index (χ0) is 14.4. The lowest BCUT2D eigenvalue weighted by Crippen LogP contribution is -2.41. The predicted molar refractivity (Wildman–Crippen MR) is 78.0 cm³/mol. The standard InChI is InChI=1S/C17H20O3/c1-2-20-16(19)17(12-7-6-10-15(17)18)13-11-14-8-4-3-5-9-14/h3-5,8-9,11,13H,2,6-7,10,12H2,1H3/b13-11+. The molecule has 1 unspecified atom stereocenters. The molecule has 1 saturated carbocycles. The van der Waals surface area contributed by atoms with Gasteiger partial charge in [-0.15, -0.1) is 0 Å². The Morgan fingerprint density at radius 3 is 2.70 bits per heavy atom. The Kier molecular flexibility index (Phi) is 4.72. The van der Waals surface area contributed by atoms with Crippen LogP contribution in [0.15, 0.2) is 36.4 Å². The normalized spacial score (nSPS) is 22.9. The van der Waals surface area contributed by atoms with E-state index in [1.165, 1.54) is 0 Å². The van der Waals surface area contributed by atoms with Crippen LogP contribution in [0.1, 0.15) is 38.2 Å². The third-order valence-corrected chi connectivity index (χ3v) is 3.72. The van der Waals surface area contributed by atoms with Crippen molar-refractivity contribution >= 4 is 17.8 Å². The van der Waals surface area contributed by atoms with Crippen molar-refractivity contribution in [1.29, 1.82) is 0 Å². The summed E-state index contributed by atoms with van der Waals surface area (Å²) in [4.78, 5) is 24.6. The second-order valence-electron chi connectivity index (χ2n) is 5.07. The highest BCUT2D eigenvalue weighted by molar-refractivity contribution is 6.07. The van der Waals surface area contributed by atoms with Crippen molar-refractivity contribution in [1.82, 2.24) is 0 Å². The number of hydrogen-bond donors (Lipinski definition) is 0. The van der Waals surface area contributed by atoms with Crippen molar-refractivity contribution < 1.29 is 14.3 Å². The summed E-state index contributed by atoms with van der Waals surface area (Å²) in [6, 6.07) is 9.69. The molecule has 0 aliphatic heterocycles. The topological polar surface area (TPSA) is 43.4 Å². The Bertz CT molecular complexity index is 504. The molecule has 0 amide bonds. The molecule has 1 aromatic carbocycles. The summed E-state index contributed by atoms with van der Waals surface area (Å²) < 4.78 is 5.13. The van der Waals surface area contributed by atoms with E-state index in [0.717, 1.165) is 18.4 Å². The fraction of sp³-hybridized carbons (Fsp3) is 0.412. The van der Waals surface area contributed by atoms with Crippen molar-refractivity contribution in [2.75, 3.05) is 6.61 Å². The monoisotopic (exact) mass is 272 g/mol. The van der Waals surface area contributed by atoms with Crippen LogP contribution in [-0.2, 0) is 14.3 Å². The molecular weight excluding hydrogens is 252 g/mol. The first kappa shape index (κ1) is 14.5. The van der Waals surface area contributed by atoms with Gasteiger partial charge in [0.15, 0.2) is 5.78 Å². The molecule has 2 rings (SSSR count). The van der Waals surface area contributed by atoms with E-state index < -0.39 is 11.4 Å². The van der Waals surface area contributed by atoms with Gasteiger partial charge in [-0.3, -0.25) is 9.59 Å². The summed E-state index contributed by atoms with van der Waals surface area (Å²) in [6.45, 7) is 2.06. The van der Waals surface area contributed by atoms with Gasteiger partial charge in [0.2, 0.25) is 0 Å². The molecule has 0 spiro atoms. The molecule has 106 valence electrons. The molecule has 1 fully saturated rings. The number of carbonyl (C=O) groups is 2. The van der Waals surface area contributed by atoms with Gasteiger partial charge in [0.1, 0.15) is 5.41 Å².